The van der Waals surface area contributed by atoms with E-state index in [-0.39, 0.29) is 12.5 Å². The van der Waals surface area contributed by atoms with Crippen molar-refractivity contribution in [1.29, 1.82) is 0 Å². The first-order valence-electron chi connectivity index (χ1n) is 10.0. The second-order valence-electron chi connectivity index (χ2n) is 7.63. The molecule has 0 radical (unpaired) electrons. The van der Waals surface area contributed by atoms with Gasteiger partial charge in [-0.3, -0.25) is 4.79 Å². The smallest absolute Gasteiger partial charge is 0.293 e. The van der Waals surface area contributed by atoms with Crippen molar-refractivity contribution in [3.8, 4) is 0 Å². The SMILES string of the molecule is CCCCCc1ccc(C2CCC(CC(CO)COC=O)CC2)cc1. The number of carbonyl (C=O) groups is 1. The number of hydrogen-bond acceptors (Lipinski definition) is 3. The monoisotopic (exact) mass is 346 g/mol. The third-order valence-corrected chi connectivity index (χ3v) is 5.69. The maximum Gasteiger partial charge on any atom is 0.293 e. The van der Waals surface area contributed by atoms with Crippen LogP contribution < -0.4 is 0 Å². The van der Waals surface area contributed by atoms with Crippen LogP contribution in [0.5, 0.6) is 0 Å². The molecule has 0 amide bonds. The van der Waals surface area contributed by atoms with Crippen LogP contribution in [0.2, 0.25) is 0 Å². The fourth-order valence-electron chi connectivity index (χ4n) is 4.11. The molecule has 1 fully saturated rings. The summed E-state index contributed by atoms with van der Waals surface area (Å²) in [7, 11) is 0. The molecule has 0 saturated heterocycles. The van der Waals surface area contributed by atoms with Crippen LogP contribution in [-0.2, 0) is 16.0 Å². The fourth-order valence-corrected chi connectivity index (χ4v) is 4.11. The molecule has 1 aliphatic carbocycles. The molecule has 0 bridgehead atoms. The van der Waals surface area contributed by atoms with Gasteiger partial charge in [-0.2, -0.15) is 0 Å². The van der Waals surface area contributed by atoms with Gasteiger partial charge in [-0.05, 0) is 67.9 Å². The van der Waals surface area contributed by atoms with Crippen LogP contribution in [-0.4, -0.2) is 24.8 Å². The van der Waals surface area contributed by atoms with Gasteiger partial charge in [0, 0.05) is 12.5 Å². The zero-order valence-corrected chi connectivity index (χ0v) is 15.7. The van der Waals surface area contributed by atoms with Gasteiger partial charge in [0.15, 0.2) is 0 Å². The third kappa shape index (κ3) is 6.81. The lowest BCUT2D eigenvalue weighted by atomic mass is 9.76. The van der Waals surface area contributed by atoms with Gasteiger partial charge in [0.05, 0.1) is 6.61 Å². The lowest BCUT2D eigenvalue weighted by Gasteiger charge is -2.30. The number of ether oxygens (including phenoxy) is 1. The molecule has 0 heterocycles. The van der Waals surface area contributed by atoms with Crippen molar-refractivity contribution < 1.29 is 14.6 Å². The Hall–Kier alpha value is -1.35. The van der Waals surface area contributed by atoms with Gasteiger partial charge in [-0.15, -0.1) is 0 Å². The highest BCUT2D eigenvalue weighted by Crippen LogP contribution is 2.38. The standard InChI is InChI=1S/C22H34O3/c1-2-3-4-5-18-6-10-21(11-7-18)22-12-8-19(9-13-22)14-20(15-23)16-25-17-24/h6-7,10-11,17,19-20,22-23H,2-5,8-9,12-16H2,1H3. The van der Waals surface area contributed by atoms with Crippen molar-refractivity contribution in [1.82, 2.24) is 0 Å². The predicted octanol–water partition coefficient (Wildman–Crippen LogP) is 4.86. The van der Waals surface area contributed by atoms with E-state index in [1.807, 2.05) is 0 Å². The molecule has 0 aromatic heterocycles. The van der Waals surface area contributed by atoms with Gasteiger partial charge < -0.3 is 9.84 Å². The molecule has 1 saturated carbocycles. The van der Waals surface area contributed by atoms with Crippen molar-refractivity contribution in [3.05, 3.63) is 35.4 Å². The van der Waals surface area contributed by atoms with E-state index < -0.39 is 0 Å². The molecule has 0 spiro atoms. The minimum absolute atomic E-state index is 0.0918. The number of carbonyl (C=O) groups excluding carboxylic acids is 1. The Labute approximate surface area is 152 Å². The van der Waals surface area contributed by atoms with Gasteiger partial charge in [0.1, 0.15) is 0 Å². The molecule has 1 aromatic rings. The summed E-state index contributed by atoms with van der Waals surface area (Å²) in [4.78, 5) is 10.3. The molecule has 1 aliphatic rings. The van der Waals surface area contributed by atoms with E-state index >= 15 is 0 Å². The van der Waals surface area contributed by atoms with Crippen molar-refractivity contribution >= 4 is 6.47 Å². The Kier molecular flexibility index (Phi) is 9.03. The molecule has 3 nitrogen and oxygen atoms in total. The number of unbranched alkanes of at least 4 members (excludes halogenated alkanes) is 2. The average molecular weight is 347 g/mol. The zero-order valence-electron chi connectivity index (χ0n) is 15.7. The van der Waals surface area contributed by atoms with Crippen LogP contribution in [0, 0.1) is 11.8 Å². The van der Waals surface area contributed by atoms with Crippen LogP contribution >= 0.6 is 0 Å². The second-order valence-corrected chi connectivity index (χ2v) is 7.63. The number of aryl methyl sites for hydroxylation is 1. The summed E-state index contributed by atoms with van der Waals surface area (Å²) < 4.78 is 4.82. The van der Waals surface area contributed by atoms with E-state index in [0.29, 0.717) is 24.9 Å². The maximum absolute atomic E-state index is 10.3. The number of aliphatic hydroxyl groups is 1. The zero-order chi connectivity index (χ0) is 17.9. The lowest BCUT2D eigenvalue weighted by Crippen LogP contribution is -2.21. The van der Waals surface area contributed by atoms with Gasteiger partial charge >= 0.3 is 0 Å². The highest BCUT2D eigenvalue weighted by atomic mass is 16.5. The fraction of sp³-hybridized carbons (Fsp3) is 0.682. The molecular formula is C22H34O3. The van der Waals surface area contributed by atoms with Crippen LogP contribution in [0.1, 0.15) is 75.3 Å². The summed E-state index contributed by atoms with van der Waals surface area (Å²) in [5.74, 6) is 1.42. The Morgan fingerprint density at radius 3 is 2.48 bits per heavy atom. The van der Waals surface area contributed by atoms with Gasteiger partial charge in [0.2, 0.25) is 0 Å². The van der Waals surface area contributed by atoms with Crippen LogP contribution in [0.15, 0.2) is 24.3 Å². The molecular weight excluding hydrogens is 312 g/mol. The summed E-state index contributed by atoms with van der Waals surface area (Å²) >= 11 is 0. The van der Waals surface area contributed by atoms with E-state index in [0.717, 1.165) is 6.42 Å². The van der Waals surface area contributed by atoms with Gasteiger partial charge in [-0.1, -0.05) is 44.0 Å². The van der Waals surface area contributed by atoms with E-state index in [2.05, 4.69) is 31.2 Å². The average Bonchev–Trinajstić information content (AvgIpc) is 2.66. The summed E-state index contributed by atoms with van der Waals surface area (Å²) in [6, 6.07) is 9.30. The van der Waals surface area contributed by atoms with E-state index in [9.17, 15) is 9.90 Å². The molecule has 1 aromatic carbocycles. The van der Waals surface area contributed by atoms with Crippen LogP contribution in [0.25, 0.3) is 0 Å². The van der Waals surface area contributed by atoms with Gasteiger partial charge in [0.25, 0.3) is 6.47 Å². The van der Waals surface area contributed by atoms with E-state index in [1.165, 1.54) is 62.5 Å². The highest BCUT2D eigenvalue weighted by Gasteiger charge is 2.24. The first-order chi connectivity index (χ1) is 12.3. The Bertz CT molecular complexity index is 475. The summed E-state index contributed by atoms with van der Waals surface area (Å²) in [5, 5.41) is 9.42. The molecule has 1 unspecified atom stereocenters. The minimum atomic E-state index is 0.0918. The quantitative estimate of drug-likeness (QED) is 0.459. The third-order valence-electron chi connectivity index (χ3n) is 5.69. The van der Waals surface area contributed by atoms with Crippen molar-refractivity contribution in [3.63, 3.8) is 0 Å². The van der Waals surface area contributed by atoms with Crippen molar-refractivity contribution in [2.45, 2.75) is 70.6 Å². The van der Waals surface area contributed by atoms with Gasteiger partial charge in [-0.25, -0.2) is 0 Å². The first-order valence-corrected chi connectivity index (χ1v) is 10.0. The largest absolute Gasteiger partial charge is 0.468 e. The molecule has 2 rings (SSSR count). The first kappa shape index (κ1) is 20.0. The second kappa shape index (κ2) is 11.3. The molecule has 1 N–H and O–H groups in total. The van der Waals surface area contributed by atoms with Crippen molar-refractivity contribution in [2.75, 3.05) is 13.2 Å². The Balaban J connectivity index is 1.76. The topological polar surface area (TPSA) is 46.5 Å². The Morgan fingerprint density at radius 2 is 1.88 bits per heavy atom. The van der Waals surface area contributed by atoms with Crippen LogP contribution in [0.4, 0.5) is 0 Å². The van der Waals surface area contributed by atoms with E-state index in [1.54, 1.807) is 0 Å². The minimum Gasteiger partial charge on any atom is -0.468 e. The normalized spacial score (nSPS) is 21.7. The molecule has 25 heavy (non-hydrogen) atoms. The van der Waals surface area contributed by atoms with E-state index in [4.69, 9.17) is 4.74 Å². The molecule has 3 heteroatoms. The number of rotatable bonds is 11. The Morgan fingerprint density at radius 1 is 1.16 bits per heavy atom. The summed E-state index contributed by atoms with van der Waals surface area (Å²) in [5.41, 5.74) is 2.95. The maximum atomic E-state index is 10.3. The molecule has 1 atom stereocenters. The molecule has 140 valence electrons. The number of hydrogen-bond donors (Lipinski definition) is 1. The predicted molar refractivity (Wildman–Crippen MR) is 102 cm³/mol. The number of benzene rings is 1. The highest BCUT2D eigenvalue weighted by molar-refractivity contribution is 5.36. The summed E-state index contributed by atoms with van der Waals surface area (Å²) in [6.07, 6.45) is 10.9. The van der Waals surface area contributed by atoms with Crippen molar-refractivity contribution in [2.24, 2.45) is 11.8 Å². The number of aliphatic hydroxyl groups excluding tert-OH is 1. The lowest BCUT2D eigenvalue weighted by molar-refractivity contribution is -0.130. The molecule has 0 aliphatic heterocycles. The summed E-state index contributed by atoms with van der Waals surface area (Å²) in [6.45, 7) is 3.18. The van der Waals surface area contributed by atoms with Crippen LogP contribution in [0.3, 0.4) is 0 Å².